The number of amides is 2. The van der Waals surface area contributed by atoms with Gasteiger partial charge < -0.3 is 10.2 Å². The van der Waals surface area contributed by atoms with Gasteiger partial charge in [0.2, 0.25) is 11.8 Å². The normalized spacial score (nSPS) is 11.2. The Balaban J connectivity index is 1.99. The topological polar surface area (TPSA) is 49.4 Å². The third kappa shape index (κ3) is 5.68. The number of carbonyl (C=O) groups is 2. The largest absolute Gasteiger partial charge is 0.417 e. The zero-order valence-electron chi connectivity index (χ0n) is 14.1. The Morgan fingerprint density at radius 3 is 2.44 bits per heavy atom. The molecule has 0 heterocycles. The van der Waals surface area contributed by atoms with Crippen molar-refractivity contribution in [1.82, 2.24) is 4.90 Å². The highest BCUT2D eigenvalue weighted by molar-refractivity contribution is 6.31. The van der Waals surface area contributed by atoms with Crippen molar-refractivity contribution < 1.29 is 27.2 Å². The van der Waals surface area contributed by atoms with E-state index in [4.69, 9.17) is 11.6 Å². The Morgan fingerprint density at radius 1 is 1.15 bits per heavy atom. The first-order valence-corrected chi connectivity index (χ1v) is 8.09. The first-order chi connectivity index (χ1) is 12.6. The summed E-state index contributed by atoms with van der Waals surface area (Å²) in [6, 6.07) is 8.69. The number of hydrogen-bond acceptors (Lipinski definition) is 2. The van der Waals surface area contributed by atoms with Crippen LogP contribution in [-0.2, 0) is 22.2 Å². The predicted octanol–water partition coefficient (Wildman–Crippen LogP) is 4.14. The van der Waals surface area contributed by atoms with Crippen LogP contribution in [0, 0.1) is 5.82 Å². The molecule has 2 aromatic rings. The van der Waals surface area contributed by atoms with Crippen molar-refractivity contribution in [3.8, 4) is 0 Å². The van der Waals surface area contributed by atoms with Crippen LogP contribution in [0.25, 0.3) is 0 Å². The van der Waals surface area contributed by atoms with Crippen molar-refractivity contribution in [2.75, 3.05) is 18.9 Å². The van der Waals surface area contributed by atoms with Gasteiger partial charge in [-0.3, -0.25) is 9.59 Å². The van der Waals surface area contributed by atoms with Gasteiger partial charge in [-0.05, 0) is 29.8 Å². The van der Waals surface area contributed by atoms with Gasteiger partial charge >= 0.3 is 6.18 Å². The second-order valence-electron chi connectivity index (χ2n) is 5.76. The molecule has 0 atom stereocenters. The van der Waals surface area contributed by atoms with E-state index in [0.29, 0.717) is 6.07 Å². The number of nitrogens with one attached hydrogen (secondary N) is 1. The minimum Gasteiger partial charge on any atom is -0.336 e. The van der Waals surface area contributed by atoms with Crippen molar-refractivity contribution in [3.63, 3.8) is 0 Å². The highest BCUT2D eigenvalue weighted by Crippen LogP contribution is 2.36. The number of benzene rings is 2. The maximum Gasteiger partial charge on any atom is 0.417 e. The van der Waals surface area contributed by atoms with Crippen LogP contribution in [0.3, 0.4) is 0 Å². The van der Waals surface area contributed by atoms with Crippen LogP contribution in [0.1, 0.15) is 11.1 Å². The Bertz CT molecular complexity index is 855. The van der Waals surface area contributed by atoms with Gasteiger partial charge in [0.1, 0.15) is 5.82 Å². The lowest BCUT2D eigenvalue weighted by Gasteiger charge is -2.17. The average Bonchev–Trinajstić information content (AvgIpc) is 2.57. The Kier molecular flexibility index (Phi) is 6.43. The summed E-state index contributed by atoms with van der Waals surface area (Å²) in [5.74, 6) is -1.75. The van der Waals surface area contributed by atoms with Gasteiger partial charge in [0.15, 0.2) is 0 Å². The van der Waals surface area contributed by atoms with E-state index in [1.54, 1.807) is 6.07 Å². The van der Waals surface area contributed by atoms with E-state index in [-0.39, 0.29) is 17.7 Å². The molecule has 9 heteroatoms. The van der Waals surface area contributed by atoms with E-state index in [1.165, 1.54) is 31.3 Å². The maximum atomic E-state index is 13.6. The predicted molar refractivity (Wildman–Crippen MR) is 92.8 cm³/mol. The fraction of sp³-hybridized carbons (Fsp3) is 0.222. The molecule has 0 saturated heterocycles. The second-order valence-corrected chi connectivity index (χ2v) is 6.17. The van der Waals surface area contributed by atoms with E-state index >= 15 is 0 Å². The molecule has 2 aromatic carbocycles. The summed E-state index contributed by atoms with van der Waals surface area (Å²) in [6.07, 6.45) is -4.90. The number of alkyl halides is 3. The summed E-state index contributed by atoms with van der Waals surface area (Å²) >= 11 is 5.52. The summed E-state index contributed by atoms with van der Waals surface area (Å²) in [4.78, 5) is 25.2. The molecule has 2 amide bonds. The van der Waals surface area contributed by atoms with Crippen molar-refractivity contribution in [1.29, 1.82) is 0 Å². The third-order valence-electron chi connectivity index (χ3n) is 3.66. The molecule has 1 N–H and O–H groups in total. The molecule has 0 aliphatic carbocycles. The number of nitrogens with zero attached hydrogens (tertiary/aromatic N) is 1. The van der Waals surface area contributed by atoms with Crippen LogP contribution >= 0.6 is 11.6 Å². The van der Waals surface area contributed by atoms with Crippen LogP contribution in [-0.4, -0.2) is 30.3 Å². The highest BCUT2D eigenvalue weighted by atomic mass is 35.5. The fourth-order valence-electron chi connectivity index (χ4n) is 2.26. The minimum atomic E-state index is -4.66. The summed E-state index contributed by atoms with van der Waals surface area (Å²) in [6.45, 7) is -0.405. The summed E-state index contributed by atoms with van der Waals surface area (Å²) < 4.78 is 52.1. The molecular weight excluding hydrogens is 388 g/mol. The molecule has 0 aliphatic rings. The molecule has 2 rings (SSSR count). The Morgan fingerprint density at radius 2 is 1.81 bits per heavy atom. The lowest BCUT2D eigenvalue weighted by atomic mass is 10.1. The molecule has 0 aliphatic heterocycles. The number of likely N-dealkylation sites (N-methyl/N-ethyl adjacent to an activating group) is 1. The van der Waals surface area contributed by atoms with Crippen LogP contribution in [0.15, 0.2) is 42.5 Å². The average molecular weight is 403 g/mol. The van der Waals surface area contributed by atoms with Gasteiger partial charge in [-0.2, -0.15) is 13.2 Å². The SMILES string of the molecule is CN(CC(=O)Nc1ccc(Cl)c(C(F)(F)F)c1)C(=O)Cc1ccccc1F. The monoisotopic (exact) mass is 402 g/mol. The lowest BCUT2D eigenvalue weighted by Crippen LogP contribution is -2.36. The number of anilines is 1. The van der Waals surface area contributed by atoms with Crippen molar-refractivity contribution in [3.05, 3.63) is 64.4 Å². The quantitative estimate of drug-likeness (QED) is 0.764. The molecule has 0 radical (unpaired) electrons. The van der Waals surface area contributed by atoms with E-state index in [1.807, 2.05) is 0 Å². The van der Waals surface area contributed by atoms with Gasteiger partial charge in [-0.15, -0.1) is 0 Å². The van der Waals surface area contributed by atoms with Gasteiger partial charge in [-0.1, -0.05) is 29.8 Å². The molecule has 0 spiro atoms. The first kappa shape index (κ1) is 20.7. The van der Waals surface area contributed by atoms with E-state index in [0.717, 1.165) is 11.0 Å². The highest BCUT2D eigenvalue weighted by Gasteiger charge is 2.33. The standard InChI is InChI=1S/C18H15ClF4N2O2/c1-25(17(27)8-11-4-2-3-5-15(11)20)10-16(26)24-12-6-7-14(19)13(9-12)18(21,22)23/h2-7,9H,8,10H2,1H3,(H,24,26). The summed E-state index contributed by atoms with van der Waals surface area (Å²) in [7, 11) is 1.34. The molecule has 27 heavy (non-hydrogen) atoms. The maximum absolute atomic E-state index is 13.6. The molecule has 144 valence electrons. The first-order valence-electron chi connectivity index (χ1n) is 7.72. The zero-order valence-corrected chi connectivity index (χ0v) is 14.9. The fourth-order valence-corrected chi connectivity index (χ4v) is 2.49. The summed E-state index contributed by atoms with van der Waals surface area (Å²) in [5, 5.41) is 1.79. The van der Waals surface area contributed by atoms with Gasteiger partial charge in [0.25, 0.3) is 0 Å². The second kappa shape index (κ2) is 8.39. The molecule has 0 bridgehead atoms. The molecular formula is C18H15ClF4N2O2. The van der Waals surface area contributed by atoms with E-state index < -0.39 is 40.9 Å². The van der Waals surface area contributed by atoms with Gasteiger partial charge in [0.05, 0.1) is 23.6 Å². The molecule has 0 fully saturated rings. The molecule has 0 saturated carbocycles. The van der Waals surface area contributed by atoms with Gasteiger partial charge in [-0.25, -0.2) is 4.39 Å². The van der Waals surface area contributed by atoms with Crippen LogP contribution in [0.2, 0.25) is 5.02 Å². The molecule has 0 unspecified atom stereocenters. The van der Waals surface area contributed by atoms with E-state index in [9.17, 15) is 27.2 Å². The van der Waals surface area contributed by atoms with Crippen LogP contribution in [0.5, 0.6) is 0 Å². The third-order valence-corrected chi connectivity index (χ3v) is 3.99. The Hall–Kier alpha value is -2.61. The van der Waals surface area contributed by atoms with Crippen LogP contribution < -0.4 is 5.32 Å². The van der Waals surface area contributed by atoms with Crippen LogP contribution in [0.4, 0.5) is 23.2 Å². The van der Waals surface area contributed by atoms with E-state index in [2.05, 4.69) is 5.32 Å². The van der Waals surface area contributed by atoms with Crippen molar-refractivity contribution in [2.45, 2.75) is 12.6 Å². The Labute approximate surface area is 157 Å². The number of halogens is 5. The number of carbonyl (C=O) groups excluding carboxylic acids is 2. The molecule has 4 nitrogen and oxygen atoms in total. The summed E-state index contributed by atoms with van der Waals surface area (Å²) in [5.41, 5.74) is -1.00. The molecule has 0 aromatic heterocycles. The number of hydrogen-bond donors (Lipinski definition) is 1. The minimum absolute atomic E-state index is 0.105. The number of rotatable bonds is 5. The van der Waals surface area contributed by atoms with Crippen molar-refractivity contribution in [2.24, 2.45) is 0 Å². The van der Waals surface area contributed by atoms with Gasteiger partial charge in [0, 0.05) is 12.7 Å². The smallest absolute Gasteiger partial charge is 0.336 e. The van der Waals surface area contributed by atoms with Crippen molar-refractivity contribution >= 4 is 29.1 Å². The lowest BCUT2D eigenvalue weighted by molar-refractivity contribution is -0.137. The zero-order chi connectivity index (χ0) is 20.2.